The second kappa shape index (κ2) is 9.02. The minimum absolute atomic E-state index is 0.316. The van der Waals surface area contributed by atoms with Gasteiger partial charge in [-0.2, -0.15) is 0 Å². The molecule has 2 heteroatoms. The summed E-state index contributed by atoms with van der Waals surface area (Å²) in [5, 5.41) is 0. The molecule has 1 aliphatic heterocycles. The lowest BCUT2D eigenvalue weighted by atomic mass is 10.0. The molecule has 112 valence electrons. The Hall–Kier alpha value is -1.02. The van der Waals surface area contributed by atoms with Gasteiger partial charge in [-0.05, 0) is 25.0 Å². The van der Waals surface area contributed by atoms with E-state index < -0.39 is 0 Å². The number of ether oxygens (including phenoxy) is 2. The zero-order valence-corrected chi connectivity index (χ0v) is 12.7. The van der Waals surface area contributed by atoms with Gasteiger partial charge in [0.1, 0.15) is 11.9 Å². The van der Waals surface area contributed by atoms with Gasteiger partial charge in [0.25, 0.3) is 0 Å². The second-order valence-corrected chi connectivity index (χ2v) is 5.80. The number of hydrogen-bond acceptors (Lipinski definition) is 2. The number of benzene rings is 1. The molecule has 1 fully saturated rings. The molecule has 2 atom stereocenters. The first kappa shape index (κ1) is 15.4. The number of hydrogen-bond donors (Lipinski definition) is 0. The quantitative estimate of drug-likeness (QED) is 0.420. The summed E-state index contributed by atoms with van der Waals surface area (Å²) in [5.74, 6) is 0.990. The van der Waals surface area contributed by atoms with Crippen molar-refractivity contribution in [3.63, 3.8) is 0 Å². The third kappa shape index (κ3) is 6.42. The molecule has 0 saturated carbocycles. The standard InChI is InChI=1S/C18H28O2/c1-2-3-4-5-6-8-13-17(14-18-15-19-18)20-16-11-9-7-10-12-16/h7,9-12,17-18H,2-6,8,13-15H2,1H3. The third-order valence-corrected chi connectivity index (χ3v) is 3.85. The van der Waals surface area contributed by atoms with Crippen LogP contribution in [0.1, 0.15) is 58.3 Å². The van der Waals surface area contributed by atoms with Crippen LogP contribution in [0.25, 0.3) is 0 Å². The molecule has 1 aromatic carbocycles. The lowest BCUT2D eigenvalue weighted by Crippen LogP contribution is -2.19. The van der Waals surface area contributed by atoms with Crippen molar-refractivity contribution >= 4 is 0 Å². The van der Waals surface area contributed by atoms with Crippen LogP contribution < -0.4 is 4.74 Å². The predicted molar refractivity (Wildman–Crippen MR) is 83.2 cm³/mol. The summed E-state index contributed by atoms with van der Waals surface area (Å²) in [5.41, 5.74) is 0. The van der Waals surface area contributed by atoms with Crippen LogP contribution in [0.5, 0.6) is 5.75 Å². The highest BCUT2D eigenvalue weighted by Gasteiger charge is 2.27. The molecule has 1 saturated heterocycles. The van der Waals surface area contributed by atoms with Crippen LogP contribution in [0.15, 0.2) is 30.3 Å². The first-order valence-electron chi connectivity index (χ1n) is 8.21. The van der Waals surface area contributed by atoms with E-state index in [0.29, 0.717) is 12.2 Å². The van der Waals surface area contributed by atoms with Crippen molar-refractivity contribution in [1.29, 1.82) is 0 Å². The van der Waals surface area contributed by atoms with Crippen molar-refractivity contribution in [2.24, 2.45) is 0 Å². The molecule has 0 amide bonds. The van der Waals surface area contributed by atoms with Crippen LogP contribution >= 0.6 is 0 Å². The highest BCUT2D eigenvalue weighted by molar-refractivity contribution is 5.21. The first-order valence-corrected chi connectivity index (χ1v) is 8.21. The van der Waals surface area contributed by atoms with Gasteiger partial charge in [0.05, 0.1) is 12.7 Å². The largest absolute Gasteiger partial charge is 0.490 e. The molecule has 1 heterocycles. The van der Waals surface area contributed by atoms with Crippen LogP contribution in [0.4, 0.5) is 0 Å². The summed E-state index contributed by atoms with van der Waals surface area (Å²) in [7, 11) is 0. The highest BCUT2D eigenvalue weighted by atomic mass is 16.6. The van der Waals surface area contributed by atoms with Gasteiger partial charge in [-0.25, -0.2) is 0 Å². The van der Waals surface area contributed by atoms with Crippen LogP contribution in [0, 0.1) is 0 Å². The maximum absolute atomic E-state index is 6.11. The van der Waals surface area contributed by atoms with Crippen LogP contribution in [0.2, 0.25) is 0 Å². The molecule has 2 unspecified atom stereocenters. The van der Waals surface area contributed by atoms with Crippen molar-refractivity contribution in [3.8, 4) is 5.75 Å². The van der Waals surface area contributed by atoms with Crippen molar-refractivity contribution in [3.05, 3.63) is 30.3 Å². The monoisotopic (exact) mass is 276 g/mol. The zero-order valence-electron chi connectivity index (χ0n) is 12.7. The fourth-order valence-electron chi connectivity index (χ4n) is 2.57. The summed E-state index contributed by atoms with van der Waals surface area (Å²) < 4.78 is 11.5. The molecule has 1 aromatic rings. The normalized spacial score (nSPS) is 18.8. The van der Waals surface area contributed by atoms with Crippen molar-refractivity contribution in [1.82, 2.24) is 0 Å². The van der Waals surface area contributed by atoms with Gasteiger partial charge >= 0.3 is 0 Å². The number of rotatable bonds is 11. The molecule has 2 rings (SSSR count). The zero-order chi connectivity index (χ0) is 14.0. The number of epoxide rings is 1. The molecule has 0 bridgehead atoms. The maximum Gasteiger partial charge on any atom is 0.119 e. The highest BCUT2D eigenvalue weighted by Crippen LogP contribution is 2.23. The van der Waals surface area contributed by atoms with Gasteiger partial charge < -0.3 is 9.47 Å². The summed E-state index contributed by atoms with van der Waals surface area (Å²) in [6, 6.07) is 10.2. The third-order valence-electron chi connectivity index (χ3n) is 3.85. The van der Waals surface area contributed by atoms with Gasteiger partial charge in [-0.1, -0.05) is 57.2 Å². The Morgan fingerprint density at radius 1 is 1.10 bits per heavy atom. The molecule has 0 radical (unpaired) electrons. The molecule has 0 aromatic heterocycles. The molecule has 20 heavy (non-hydrogen) atoms. The van der Waals surface area contributed by atoms with E-state index in [1.807, 2.05) is 30.3 Å². The number of unbranched alkanes of at least 4 members (excludes halogenated alkanes) is 5. The summed E-state index contributed by atoms with van der Waals surface area (Å²) in [6.45, 7) is 3.19. The Bertz CT molecular complexity index is 346. The molecule has 0 spiro atoms. The van der Waals surface area contributed by atoms with Crippen molar-refractivity contribution < 1.29 is 9.47 Å². The first-order chi connectivity index (χ1) is 9.88. The van der Waals surface area contributed by atoms with E-state index in [2.05, 4.69) is 6.92 Å². The lowest BCUT2D eigenvalue weighted by molar-refractivity contribution is 0.163. The van der Waals surface area contributed by atoms with E-state index in [1.165, 1.54) is 38.5 Å². The van der Waals surface area contributed by atoms with Crippen LogP contribution in [-0.2, 0) is 4.74 Å². The molecular weight excluding hydrogens is 248 g/mol. The molecule has 0 N–H and O–H groups in total. The van der Waals surface area contributed by atoms with Crippen LogP contribution in [0.3, 0.4) is 0 Å². The Balaban J connectivity index is 1.67. The van der Waals surface area contributed by atoms with E-state index in [4.69, 9.17) is 9.47 Å². The minimum Gasteiger partial charge on any atom is -0.490 e. The van der Waals surface area contributed by atoms with Gasteiger partial charge in [-0.15, -0.1) is 0 Å². The molecule has 1 aliphatic rings. The van der Waals surface area contributed by atoms with Gasteiger partial charge in [0.2, 0.25) is 0 Å². The van der Waals surface area contributed by atoms with Gasteiger partial charge in [-0.3, -0.25) is 0 Å². The van der Waals surface area contributed by atoms with Crippen molar-refractivity contribution in [2.75, 3.05) is 6.61 Å². The van der Waals surface area contributed by atoms with E-state index in [-0.39, 0.29) is 0 Å². The van der Waals surface area contributed by atoms with E-state index in [0.717, 1.165) is 25.2 Å². The lowest BCUT2D eigenvalue weighted by Gasteiger charge is -2.18. The average Bonchev–Trinajstić information content (AvgIpc) is 3.27. The fraction of sp³-hybridized carbons (Fsp3) is 0.667. The Morgan fingerprint density at radius 3 is 2.50 bits per heavy atom. The SMILES string of the molecule is CCCCCCCCC(CC1CO1)Oc1ccccc1. The average molecular weight is 276 g/mol. The molecular formula is C18H28O2. The predicted octanol–water partition coefficient (Wildman–Crippen LogP) is 4.97. The fourth-order valence-corrected chi connectivity index (χ4v) is 2.57. The molecule has 0 aliphatic carbocycles. The smallest absolute Gasteiger partial charge is 0.119 e. The topological polar surface area (TPSA) is 21.8 Å². The minimum atomic E-state index is 0.316. The second-order valence-electron chi connectivity index (χ2n) is 5.80. The van der Waals surface area contributed by atoms with E-state index >= 15 is 0 Å². The van der Waals surface area contributed by atoms with Crippen molar-refractivity contribution in [2.45, 2.75) is 70.5 Å². The Kier molecular flexibility index (Phi) is 6.93. The summed E-state index contributed by atoms with van der Waals surface area (Å²) in [6.07, 6.45) is 11.0. The van der Waals surface area contributed by atoms with Gasteiger partial charge in [0, 0.05) is 6.42 Å². The van der Waals surface area contributed by atoms with Gasteiger partial charge in [0.15, 0.2) is 0 Å². The maximum atomic E-state index is 6.11. The number of para-hydroxylation sites is 1. The van der Waals surface area contributed by atoms with E-state index in [1.54, 1.807) is 0 Å². The molecule has 2 nitrogen and oxygen atoms in total. The van der Waals surface area contributed by atoms with E-state index in [9.17, 15) is 0 Å². The summed E-state index contributed by atoms with van der Waals surface area (Å²) in [4.78, 5) is 0. The Morgan fingerprint density at radius 2 is 1.80 bits per heavy atom. The Labute approximate surface area is 123 Å². The summed E-state index contributed by atoms with van der Waals surface area (Å²) >= 11 is 0. The van der Waals surface area contributed by atoms with Crippen LogP contribution in [-0.4, -0.2) is 18.8 Å².